The van der Waals surface area contributed by atoms with Gasteiger partial charge >= 0.3 is 5.63 Å². The Kier molecular flexibility index (Phi) is 3.43. The Morgan fingerprint density at radius 2 is 2.11 bits per heavy atom. The molecule has 1 aromatic heterocycles. The third kappa shape index (κ3) is 2.76. The highest BCUT2D eigenvalue weighted by molar-refractivity contribution is 6.03. The predicted octanol–water partition coefficient (Wildman–Crippen LogP) is 1.90. The van der Waals surface area contributed by atoms with Gasteiger partial charge in [-0.2, -0.15) is 0 Å². The second-order valence-corrected chi connectivity index (χ2v) is 3.53. The lowest BCUT2D eigenvalue weighted by Gasteiger charge is -2.06. The molecule has 1 amide bonds. The molecule has 0 saturated carbocycles. The van der Waals surface area contributed by atoms with Crippen molar-refractivity contribution in [1.82, 2.24) is 0 Å². The Balaban J connectivity index is 2.15. The number of hydrogen-bond donors (Lipinski definition) is 1. The fourth-order valence-electron chi connectivity index (χ4n) is 1.39. The molecule has 0 atom stereocenters. The van der Waals surface area contributed by atoms with E-state index < -0.39 is 5.63 Å². The van der Waals surface area contributed by atoms with Crippen LogP contribution >= 0.6 is 0 Å². The number of carbonyl (C=O) groups excluding carboxylic acids is 1. The van der Waals surface area contributed by atoms with Crippen LogP contribution in [0.4, 0.5) is 5.69 Å². The number of nitrogens with one attached hydrogen (secondary N) is 1. The van der Waals surface area contributed by atoms with Gasteiger partial charge in [0.2, 0.25) is 0 Å². The monoisotopic (exact) mass is 245 g/mol. The topological polar surface area (TPSA) is 68.5 Å². The van der Waals surface area contributed by atoms with Gasteiger partial charge in [-0.25, -0.2) is 4.79 Å². The molecule has 0 aliphatic carbocycles. The van der Waals surface area contributed by atoms with Crippen LogP contribution < -0.4 is 15.7 Å². The summed E-state index contributed by atoms with van der Waals surface area (Å²) in [7, 11) is 1.55. The molecule has 1 N–H and O–H groups in total. The molecule has 18 heavy (non-hydrogen) atoms. The largest absolute Gasteiger partial charge is 0.497 e. The first-order valence-electron chi connectivity index (χ1n) is 5.23. The standard InChI is InChI=1S/C13H11NO4/c1-17-11-4-2-3-10(7-11)14-13(16)9-5-6-12(15)18-8-9/h2-8H,1H3,(H,14,16). The van der Waals surface area contributed by atoms with Crippen molar-refractivity contribution in [2.75, 3.05) is 12.4 Å². The fourth-order valence-corrected chi connectivity index (χ4v) is 1.39. The number of methoxy groups -OCH3 is 1. The summed E-state index contributed by atoms with van der Waals surface area (Å²) in [6.45, 7) is 0. The van der Waals surface area contributed by atoms with E-state index >= 15 is 0 Å². The van der Waals surface area contributed by atoms with Gasteiger partial charge in [0.05, 0.1) is 12.7 Å². The van der Waals surface area contributed by atoms with Crippen LogP contribution in [0.15, 0.2) is 51.9 Å². The first kappa shape index (κ1) is 11.9. The van der Waals surface area contributed by atoms with Crippen LogP contribution in [0.2, 0.25) is 0 Å². The van der Waals surface area contributed by atoms with Crippen molar-refractivity contribution in [2.45, 2.75) is 0 Å². The molecule has 0 unspecified atom stereocenters. The number of rotatable bonds is 3. The van der Waals surface area contributed by atoms with Crippen LogP contribution in [0.3, 0.4) is 0 Å². The molecule has 0 fully saturated rings. The molecule has 0 radical (unpaired) electrons. The van der Waals surface area contributed by atoms with E-state index in [-0.39, 0.29) is 11.5 Å². The van der Waals surface area contributed by atoms with E-state index in [9.17, 15) is 9.59 Å². The summed E-state index contributed by atoms with van der Waals surface area (Å²) in [4.78, 5) is 22.6. The molecule has 5 heteroatoms. The summed E-state index contributed by atoms with van der Waals surface area (Å²) in [5.41, 5.74) is 0.385. The second-order valence-electron chi connectivity index (χ2n) is 3.53. The summed E-state index contributed by atoms with van der Waals surface area (Å²) < 4.78 is 9.67. The Bertz CT molecular complexity index is 598. The molecule has 92 valence electrons. The van der Waals surface area contributed by atoms with Gasteiger partial charge in [0, 0.05) is 17.8 Å². The van der Waals surface area contributed by atoms with Crippen LogP contribution in [-0.4, -0.2) is 13.0 Å². The highest BCUT2D eigenvalue weighted by Crippen LogP contribution is 2.17. The lowest BCUT2D eigenvalue weighted by atomic mass is 10.2. The van der Waals surface area contributed by atoms with E-state index in [0.29, 0.717) is 11.4 Å². The van der Waals surface area contributed by atoms with Gasteiger partial charge < -0.3 is 14.5 Å². The van der Waals surface area contributed by atoms with E-state index in [1.807, 2.05) is 0 Å². The number of ether oxygens (including phenoxy) is 1. The van der Waals surface area contributed by atoms with E-state index in [0.717, 1.165) is 6.26 Å². The molecule has 1 aromatic carbocycles. The number of benzene rings is 1. The minimum Gasteiger partial charge on any atom is -0.497 e. The maximum Gasteiger partial charge on any atom is 0.335 e. The zero-order chi connectivity index (χ0) is 13.0. The molecule has 0 aliphatic heterocycles. The lowest BCUT2D eigenvalue weighted by Crippen LogP contribution is -2.12. The SMILES string of the molecule is COc1cccc(NC(=O)c2ccc(=O)oc2)c1. The normalized spacial score (nSPS) is 9.83. The molecule has 0 aliphatic rings. The highest BCUT2D eigenvalue weighted by atomic mass is 16.5. The summed E-state index contributed by atoms with van der Waals surface area (Å²) in [5.74, 6) is 0.291. The first-order valence-corrected chi connectivity index (χ1v) is 5.23. The van der Waals surface area contributed by atoms with Crippen molar-refractivity contribution in [1.29, 1.82) is 0 Å². The third-order valence-corrected chi connectivity index (χ3v) is 2.29. The van der Waals surface area contributed by atoms with Crippen LogP contribution in [0, 0.1) is 0 Å². The van der Waals surface area contributed by atoms with Gasteiger partial charge in [0.1, 0.15) is 12.0 Å². The number of carbonyl (C=O) groups is 1. The van der Waals surface area contributed by atoms with E-state index in [1.165, 1.54) is 12.1 Å². The maximum absolute atomic E-state index is 11.8. The smallest absolute Gasteiger partial charge is 0.335 e. The van der Waals surface area contributed by atoms with Gasteiger partial charge in [0.15, 0.2) is 0 Å². The molecule has 5 nitrogen and oxygen atoms in total. The summed E-state index contributed by atoms with van der Waals surface area (Å²) >= 11 is 0. The Morgan fingerprint density at radius 3 is 2.78 bits per heavy atom. The summed E-state index contributed by atoms with van der Waals surface area (Å²) in [6.07, 6.45) is 1.12. The van der Waals surface area contributed by atoms with Crippen molar-refractivity contribution in [3.63, 3.8) is 0 Å². The van der Waals surface area contributed by atoms with Gasteiger partial charge in [-0.3, -0.25) is 4.79 Å². The first-order chi connectivity index (χ1) is 8.69. The zero-order valence-corrected chi connectivity index (χ0v) is 9.67. The maximum atomic E-state index is 11.8. The van der Waals surface area contributed by atoms with E-state index in [1.54, 1.807) is 31.4 Å². The Morgan fingerprint density at radius 1 is 1.28 bits per heavy atom. The minimum atomic E-state index is -0.493. The number of anilines is 1. The van der Waals surface area contributed by atoms with Gasteiger partial charge in [-0.15, -0.1) is 0 Å². The molecule has 2 aromatic rings. The van der Waals surface area contributed by atoms with Gasteiger partial charge in [-0.05, 0) is 18.2 Å². The average Bonchev–Trinajstić information content (AvgIpc) is 2.39. The zero-order valence-electron chi connectivity index (χ0n) is 9.67. The second kappa shape index (κ2) is 5.18. The van der Waals surface area contributed by atoms with Crippen molar-refractivity contribution in [3.8, 4) is 5.75 Å². The Hall–Kier alpha value is -2.56. The molecule has 0 saturated heterocycles. The van der Waals surface area contributed by atoms with Gasteiger partial charge in [-0.1, -0.05) is 6.07 Å². The average molecular weight is 245 g/mol. The number of hydrogen-bond acceptors (Lipinski definition) is 4. The van der Waals surface area contributed by atoms with Crippen molar-refractivity contribution >= 4 is 11.6 Å². The van der Waals surface area contributed by atoms with Crippen LogP contribution in [0.1, 0.15) is 10.4 Å². The van der Waals surface area contributed by atoms with Crippen molar-refractivity contribution in [3.05, 3.63) is 58.6 Å². The third-order valence-electron chi connectivity index (χ3n) is 2.29. The summed E-state index contributed by atoms with van der Waals surface area (Å²) in [5, 5.41) is 2.67. The minimum absolute atomic E-state index is 0.275. The predicted molar refractivity (Wildman–Crippen MR) is 65.9 cm³/mol. The van der Waals surface area contributed by atoms with Crippen LogP contribution in [0.5, 0.6) is 5.75 Å². The van der Waals surface area contributed by atoms with Crippen LogP contribution in [-0.2, 0) is 0 Å². The fraction of sp³-hybridized carbons (Fsp3) is 0.0769. The molecule has 2 rings (SSSR count). The van der Waals surface area contributed by atoms with Crippen molar-refractivity contribution in [2.24, 2.45) is 0 Å². The lowest BCUT2D eigenvalue weighted by molar-refractivity contribution is 0.102. The number of amides is 1. The molecule has 0 spiro atoms. The highest BCUT2D eigenvalue weighted by Gasteiger charge is 2.07. The van der Waals surface area contributed by atoms with Gasteiger partial charge in [0.25, 0.3) is 5.91 Å². The summed E-state index contributed by atoms with van der Waals surface area (Å²) in [6, 6.07) is 9.56. The Labute approximate surface area is 103 Å². The quantitative estimate of drug-likeness (QED) is 0.896. The molecular formula is C13H11NO4. The van der Waals surface area contributed by atoms with E-state index in [2.05, 4.69) is 9.73 Å². The molecule has 0 bridgehead atoms. The molecular weight excluding hydrogens is 234 g/mol. The van der Waals surface area contributed by atoms with E-state index in [4.69, 9.17) is 4.74 Å². The van der Waals surface area contributed by atoms with Crippen molar-refractivity contribution < 1.29 is 13.9 Å². The van der Waals surface area contributed by atoms with Crippen LogP contribution in [0.25, 0.3) is 0 Å². The molecule has 1 heterocycles.